The zero-order chi connectivity index (χ0) is 33.2. The fourth-order valence-corrected chi connectivity index (χ4v) is 6.91. The minimum atomic E-state index is -1.60. The number of hydrogen-bond acceptors (Lipinski definition) is 17. The van der Waals surface area contributed by atoms with Gasteiger partial charge in [-0.15, -0.1) is 0 Å². The number of ether oxygens (including phenoxy) is 3. The van der Waals surface area contributed by atoms with E-state index in [0.717, 1.165) is 12.8 Å². The Morgan fingerprint density at radius 2 is 1.56 bits per heavy atom. The molecule has 2 saturated heterocycles. The molecule has 0 spiro atoms. The summed E-state index contributed by atoms with van der Waals surface area (Å²) in [6.07, 6.45) is -13.3. The fourth-order valence-electron chi connectivity index (χ4n) is 6.91. The molecule has 0 aromatic heterocycles. The second-order valence-electron chi connectivity index (χ2n) is 13.0. The Bertz CT molecular complexity index is 953. The van der Waals surface area contributed by atoms with Crippen molar-refractivity contribution < 1.29 is 54.8 Å². The Balaban J connectivity index is 1.55. The molecule has 1 amide bonds. The summed E-state index contributed by atoms with van der Waals surface area (Å²) in [4.78, 5) is 12.8. The molecule has 262 valence electrons. The maximum Gasteiger partial charge on any atom is 0.249 e. The first-order valence-corrected chi connectivity index (χ1v) is 15.7. The predicted octanol–water partition coefficient (Wildman–Crippen LogP) is -7.82. The van der Waals surface area contributed by atoms with Gasteiger partial charge in [0.2, 0.25) is 5.91 Å². The smallest absolute Gasteiger partial charge is 0.249 e. The van der Waals surface area contributed by atoms with Gasteiger partial charge in [-0.05, 0) is 44.7 Å². The molecule has 16 unspecified atom stereocenters. The predicted molar refractivity (Wildman–Crippen MR) is 157 cm³/mol. The van der Waals surface area contributed by atoms with E-state index >= 15 is 0 Å². The molecule has 2 saturated carbocycles. The maximum atomic E-state index is 12.8. The van der Waals surface area contributed by atoms with Crippen LogP contribution in [0.15, 0.2) is 0 Å². The van der Waals surface area contributed by atoms with Crippen LogP contribution in [0.4, 0.5) is 0 Å². The molecule has 0 bridgehead atoms. The van der Waals surface area contributed by atoms with Crippen molar-refractivity contribution >= 4 is 5.91 Å². The van der Waals surface area contributed by atoms with Crippen molar-refractivity contribution in [3.63, 3.8) is 0 Å². The van der Waals surface area contributed by atoms with E-state index in [9.17, 15) is 40.5 Å². The van der Waals surface area contributed by atoms with Crippen LogP contribution in [0.2, 0.25) is 0 Å². The highest BCUT2D eigenvalue weighted by atomic mass is 16.7. The van der Waals surface area contributed by atoms with E-state index in [2.05, 4.69) is 10.6 Å². The number of carbonyl (C=O) groups excluding carboxylic acids is 1. The van der Waals surface area contributed by atoms with Gasteiger partial charge < -0.3 is 89.3 Å². The molecule has 0 aromatic carbocycles. The normalized spacial score (nSPS) is 48.0. The van der Waals surface area contributed by atoms with Gasteiger partial charge in [0.15, 0.2) is 6.29 Å². The van der Waals surface area contributed by atoms with Gasteiger partial charge in [-0.3, -0.25) is 4.79 Å². The van der Waals surface area contributed by atoms with Crippen molar-refractivity contribution in [2.75, 3.05) is 26.2 Å². The van der Waals surface area contributed by atoms with Crippen LogP contribution in [0, 0.1) is 11.8 Å². The Labute approximate surface area is 261 Å². The second-order valence-corrected chi connectivity index (χ2v) is 13.0. The first-order valence-electron chi connectivity index (χ1n) is 15.7. The molecule has 19 N–H and O–H groups in total. The highest BCUT2D eigenvalue weighted by Gasteiger charge is 2.55. The molecule has 0 aromatic rings. The number of nitrogens with one attached hydrogen (secondary N) is 2. The lowest BCUT2D eigenvalue weighted by Gasteiger charge is -2.52. The summed E-state index contributed by atoms with van der Waals surface area (Å²) in [7, 11) is 0. The van der Waals surface area contributed by atoms with Gasteiger partial charge in [0.25, 0.3) is 0 Å². The summed E-state index contributed by atoms with van der Waals surface area (Å²) < 4.78 is 17.8. The standard InChI is InChI=1S/C27H53N7O11/c28-2-1-13(36)26(42)34-12-5-11(30)16(21(39)24(12)45-27-23(41)17(31)19(37)15(8-35)44-27)25-18(32)22(40)20(38)14(43-25)7-33-6-9-3-10(29)4-9/h9-25,27,33,35-41H,1-8,28-32H2,(H,34,42). The van der Waals surface area contributed by atoms with Crippen LogP contribution in [-0.2, 0) is 19.0 Å². The van der Waals surface area contributed by atoms with Gasteiger partial charge in [0, 0.05) is 24.5 Å². The monoisotopic (exact) mass is 651 g/mol. The number of aliphatic hydroxyl groups is 7. The first-order chi connectivity index (χ1) is 21.3. The largest absolute Gasteiger partial charge is 0.394 e. The van der Waals surface area contributed by atoms with Crippen LogP contribution in [0.1, 0.15) is 25.7 Å². The Morgan fingerprint density at radius 1 is 0.867 bits per heavy atom. The third-order valence-electron chi connectivity index (χ3n) is 9.71. The third-order valence-corrected chi connectivity index (χ3v) is 9.71. The molecular weight excluding hydrogens is 598 g/mol. The molecule has 2 aliphatic carbocycles. The minimum Gasteiger partial charge on any atom is -0.394 e. The number of amides is 1. The summed E-state index contributed by atoms with van der Waals surface area (Å²) in [6, 6.07) is -4.22. The Hall–Kier alpha value is -1.17. The van der Waals surface area contributed by atoms with Crippen LogP contribution < -0.4 is 39.3 Å². The molecule has 0 radical (unpaired) electrons. The molecule has 18 heteroatoms. The van der Waals surface area contributed by atoms with E-state index in [1.165, 1.54) is 0 Å². The molecule has 18 nitrogen and oxygen atoms in total. The summed E-state index contributed by atoms with van der Waals surface area (Å²) in [5.74, 6) is -1.43. The van der Waals surface area contributed by atoms with E-state index in [1.54, 1.807) is 0 Å². The van der Waals surface area contributed by atoms with Gasteiger partial charge in [-0.2, -0.15) is 0 Å². The van der Waals surface area contributed by atoms with Crippen molar-refractivity contribution in [2.24, 2.45) is 40.5 Å². The van der Waals surface area contributed by atoms with E-state index in [4.69, 9.17) is 42.9 Å². The van der Waals surface area contributed by atoms with Crippen molar-refractivity contribution in [1.29, 1.82) is 0 Å². The van der Waals surface area contributed by atoms with Crippen LogP contribution in [-0.4, -0.2) is 165 Å². The summed E-state index contributed by atoms with van der Waals surface area (Å²) in [5.41, 5.74) is 30.2. The van der Waals surface area contributed by atoms with Crippen molar-refractivity contribution in [2.45, 2.75) is 123 Å². The van der Waals surface area contributed by atoms with Crippen LogP contribution in [0.25, 0.3) is 0 Å². The number of carbonyl (C=O) groups is 1. The highest BCUT2D eigenvalue weighted by Crippen LogP contribution is 2.37. The zero-order valence-electron chi connectivity index (χ0n) is 25.2. The van der Waals surface area contributed by atoms with Gasteiger partial charge in [0.05, 0.1) is 43.0 Å². The molecule has 4 rings (SSSR count). The van der Waals surface area contributed by atoms with Crippen molar-refractivity contribution in [1.82, 2.24) is 10.6 Å². The van der Waals surface area contributed by atoms with Gasteiger partial charge in [-0.25, -0.2) is 0 Å². The molecule has 16 atom stereocenters. The lowest BCUT2D eigenvalue weighted by atomic mass is 9.71. The molecule has 4 aliphatic rings. The second kappa shape index (κ2) is 15.8. The van der Waals surface area contributed by atoms with Crippen LogP contribution >= 0.6 is 0 Å². The number of rotatable bonds is 12. The highest BCUT2D eigenvalue weighted by molar-refractivity contribution is 5.80. The van der Waals surface area contributed by atoms with Crippen LogP contribution in [0.3, 0.4) is 0 Å². The molecule has 2 heterocycles. The van der Waals surface area contributed by atoms with Gasteiger partial charge >= 0.3 is 0 Å². The van der Waals surface area contributed by atoms with Gasteiger partial charge in [-0.1, -0.05) is 0 Å². The maximum absolute atomic E-state index is 12.8. The molecular formula is C27H53N7O11. The number of nitrogens with two attached hydrogens (primary N) is 5. The Morgan fingerprint density at radius 3 is 2.18 bits per heavy atom. The SMILES string of the molecule is NCCC(O)C(=O)NC1CC(N)C(C2OC(CNCC3CC(N)C3)C(O)C(O)C2N)C(O)C1OC1OC(CO)C(O)C(N)C1O. The van der Waals surface area contributed by atoms with Gasteiger partial charge in [0.1, 0.15) is 42.7 Å². The zero-order valence-corrected chi connectivity index (χ0v) is 25.2. The average Bonchev–Trinajstić information content (AvgIpc) is 2.98. The third kappa shape index (κ3) is 8.11. The van der Waals surface area contributed by atoms with E-state index < -0.39 is 110 Å². The topological polar surface area (TPSA) is 341 Å². The number of aliphatic hydroxyl groups excluding tert-OH is 7. The van der Waals surface area contributed by atoms with Crippen LogP contribution in [0.5, 0.6) is 0 Å². The summed E-state index contributed by atoms with van der Waals surface area (Å²) in [6.45, 7) is 0.195. The molecule has 4 fully saturated rings. The summed E-state index contributed by atoms with van der Waals surface area (Å²) in [5, 5.41) is 80.2. The Kier molecular flexibility index (Phi) is 12.9. The number of hydrogen-bond donors (Lipinski definition) is 14. The van der Waals surface area contributed by atoms with E-state index in [1.807, 2.05) is 0 Å². The minimum absolute atomic E-state index is 0.0313. The average molecular weight is 652 g/mol. The lowest BCUT2D eigenvalue weighted by molar-refractivity contribution is -0.307. The summed E-state index contributed by atoms with van der Waals surface area (Å²) >= 11 is 0. The first kappa shape index (κ1) is 36.7. The molecule has 45 heavy (non-hydrogen) atoms. The van der Waals surface area contributed by atoms with Crippen molar-refractivity contribution in [3.05, 3.63) is 0 Å². The van der Waals surface area contributed by atoms with E-state index in [-0.39, 0.29) is 32.0 Å². The fraction of sp³-hybridized carbons (Fsp3) is 0.963. The lowest BCUT2D eigenvalue weighted by Crippen LogP contribution is -2.72. The van der Waals surface area contributed by atoms with Crippen molar-refractivity contribution in [3.8, 4) is 0 Å². The quantitative estimate of drug-likeness (QED) is 0.0931. The van der Waals surface area contributed by atoms with E-state index in [0.29, 0.717) is 12.5 Å². The molecule has 2 aliphatic heterocycles.